The normalized spacial score (nSPS) is 11.4. The van der Waals surface area contributed by atoms with E-state index < -0.39 is 0 Å². The van der Waals surface area contributed by atoms with Gasteiger partial charge in [-0.25, -0.2) is 4.98 Å². The lowest BCUT2D eigenvalue weighted by molar-refractivity contribution is 0.0985. The topological polar surface area (TPSA) is 45.7 Å². The van der Waals surface area contributed by atoms with Crippen LogP contribution in [-0.4, -0.2) is 49.1 Å². The summed E-state index contributed by atoms with van der Waals surface area (Å²) >= 11 is 1.55. The Morgan fingerprint density at radius 3 is 2.50 bits per heavy atom. The second-order valence-electron chi connectivity index (χ2n) is 7.77. The number of likely N-dealkylation sites (N-methyl/N-ethyl adjacent to an activating group) is 1. The summed E-state index contributed by atoms with van der Waals surface area (Å²) in [5.74, 6) is 0.707. The number of carbonyl (C=O) groups is 1. The zero-order valence-electron chi connectivity index (χ0n) is 19.1. The maximum Gasteiger partial charge on any atom is 0.260 e. The molecular weight excluding hydrogens is 418 g/mol. The second kappa shape index (κ2) is 9.67. The van der Waals surface area contributed by atoms with Crippen molar-refractivity contribution in [1.29, 1.82) is 0 Å². The third kappa shape index (κ3) is 4.20. The van der Waals surface area contributed by atoms with Gasteiger partial charge in [0.25, 0.3) is 5.91 Å². The molecule has 1 heterocycles. The van der Waals surface area contributed by atoms with Crippen LogP contribution in [-0.2, 0) is 0 Å². The molecule has 5 nitrogen and oxygen atoms in total. The predicted molar refractivity (Wildman–Crippen MR) is 134 cm³/mol. The molecule has 0 saturated carbocycles. The molecule has 0 atom stereocenters. The van der Waals surface area contributed by atoms with Gasteiger partial charge in [-0.1, -0.05) is 67.6 Å². The van der Waals surface area contributed by atoms with E-state index >= 15 is 0 Å². The van der Waals surface area contributed by atoms with Crippen molar-refractivity contribution >= 4 is 43.4 Å². The lowest BCUT2D eigenvalue weighted by Crippen LogP contribution is -2.39. The molecule has 0 fully saturated rings. The van der Waals surface area contributed by atoms with E-state index in [1.165, 1.54) is 0 Å². The van der Waals surface area contributed by atoms with Gasteiger partial charge in [0, 0.05) is 18.7 Å². The smallest absolute Gasteiger partial charge is 0.260 e. The standard InChI is InChI=1S/C26H29N3O2S/c1-5-28(6-2)16-17-29(25(30)21-13-9-11-19-10-7-8-12-20(19)21)26-27-23-22(31-4)15-14-18(3)24(23)32-26/h7-15H,5-6,16-17H2,1-4H3. The van der Waals surface area contributed by atoms with Gasteiger partial charge in [-0.05, 0) is 48.5 Å². The molecule has 0 aliphatic carbocycles. The largest absolute Gasteiger partial charge is 0.494 e. The van der Waals surface area contributed by atoms with Gasteiger partial charge in [-0.15, -0.1) is 0 Å². The zero-order chi connectivity index (χ0) is 22.7. The average molecular weight is 448 g/mol. The SMILES string of the molecule is CCN(CC)CCN(C(=O)c1cccc2ccccc12)c1nc2c(OC)ccc(C)c2s1. The maximum absolute atomic E-state index is 13.9. The van der Waals surface area contributed by atoms with E-state index in [-0.39, 0.29) is 5.91 Å². The highest BCUT2D eigenvalue weighted by Gasteiger charge is 2.24. The molecule has 0 unspecified atom stereocenters. The van der Waals surface area contributed by atoms with Crippen LogP contribution in [0.4, 0.5) is 5.13 Å². The van der Waals surface area contributed by atoms with Gasteiger partial charge in [0.2, 0.25) is 0 Å². The monoisotopic (exact) mass is 447 g/mol. The van der Waals surface area contributed by atoms with Crippen LogP contribution in [0.15, 0.2) is 54.6 Å². The summed E-state index contributed by atoms with van der Waals surface area (Å²) in [5.41, 5.74) is 2.64. The predicted octanol–water partition coefficient (Wildman–Crippen LogP) is 5.76. The fraction of sp³-hybridized carbons (Fsp3) is 0.308. The number of hydrogen-bond acceptors (Lipinski definition) is 5. The molecule has 166 valence electrons. The Bertz CT molecular complexity index is 1240. The Morgan fingerprint density at radius 2 is 1.75 bits per heavy atom. The summed E-state index contributed by atoms with van der Waals surface area (Å²) in [6.07, 6.45) is 0. The molecular formula is C26H29N3O2S. The Hall–Kier alpha value is -2.96. The van der Waals surface area contributed by atoms with Gasteiger partial charge >= 0.3 is 0 Å². The van der Waals surface area contributed by atoms with E-state index in [2.05, 4.69) is 25.7 Å². The summed E-state index contributed by atoms with van der Waals surface area (Å²) in [5, 5.41) is 2.73. The number of aromatic nitrogens is 1. The molecule has 6 heteroatoms. The third-order valence-electron chi connectivity index (χ3n) is 5.94. The molecule has 1 aromatic heterocycles. The summed E-state index contributed by atoms with van der Waals surface area (Å²) < 4.78 is 6.60. The molecule has 0 aliphatic heterocycles. The minimum atomic E-state index is -0.0235. The summed E-state index contributed by atoms with van der Waals surface area (Å²) in [4.78, 5) is 22.9. The number of fused-ring (bicyclic) bond motifs is 2. The van der Waals surface area contributed by atoms with E-state index in [1.807, 2.05) is 59.5 Å². The Labute approximate surface area is 193 Å². The van der Waals surface area contributed by atoms with Crippen molar-refractivity contribution in [3.8, 4) is 5.75 Å². The lowest BCUT2D eigenvalue weighted by Gasteiger charge is -2.25. The van der Waals surface area contributed by atoms with Crippen molar-refractivity contribution in [2.24, 2.45) is 0 Å². The first-order valence-electron chi connectivity index (χ1n) is 11.0. The number of methoxy groups -OCH3 is 1. The number of rotatable bonds is 8. The minimum absolute atomic E-state index is 0.0235. The van der Waals surface area contributed by atoms with Crippen molar-refractivity contribution in [2.45, 2.75) is 20.8 Å². The van der Waals surface area contributed by atoms with E-state index in [0.717, 1.165) is 51.9 Å². The van der Waals surface area contributed by atoms with Crippen molar-refractivity contribution in [2.75, 3.05) is 38.2 Å². The molecule has 3 aromatic carbocycles. The molecule has 0 spiro atoms. The van der Waals surface area contributed by atoms with E-state index in [9.17, 15) is 4.79 Å². The number of benzene rings is 3. The van der Waals surface area contributed by atoms with Crippen molar-refractivity contribution in [3.63, 3.8) is 0 Å². The first-order chi connectivity index (χ1) is 15.6. The number of ether oxygens (including phenoxy) is 1. The Balaban J connectivity index is 1.81. The fourth-order valence-corrected chi connectivity index (χ4v) is 5.08. The first-order valence-corrected chi connectivity index (χ1v) is 11.8. The minimum Gasteiger partial charge on any atom is -0.494 e. The van der Waals surface area contributed by atoms with Crippen LogP contribution in [0.2, 0.25) is 0 Å². The quantitative estimate of drug-likeness (QED) is 0.345. The van der Waals surface area contributed by atoms with Crippen molar-refractivity contribution in [3.05, 3.63) is 65.7 Å². The van der Waals surface area contributed by atoms with Crippen LogP contribution < -0.4 is 9.64 Å². The van der Waals surface area contributed by atoms with E-state index in [4.69, 9.17) is 9.72 Å². The number of hydrogen-bond donors (Lipinski definition) is 0. The van der Waals surface area contributed by atoms with Gasteiger partial charge < -0.3 is 9.64 Å². The van der Waals surface area contributed by atoms with Gasteiger partial charge in [0.1, 0.15) is 11.3 Å². The van der Waals surface area contributed by atoms with Crippen molar-refractivity contribution in [1.82, 2.24) is 9.88 Å². The lowest BCUT2D eigenvalue weighted by atomic mass is 10.0. The number of amides is 1. The van der Waals surface area contributed by atoms with E-state index in [0.29, 0.717) is 17.2 Å². The first kappa shape index (κ1) is 22.2. The number of aryl methyl sites for hydroxylation is 1. The second-order valence-corrected chi connectivity index (χ2v) is 8.75. The molecule has 4 rings (SSSR count). The Kier molecular flexibility index (Phi) is 6.72. The molecule has 0 N–H and O–H groups in total. The van der Waals surface area contributed by atoms with Gasteiger partial charge in [-0.3, -0.25) is 9.69 Å². The number of carbonyl (C=O) groups excluding carboxylic acids is 1. The number of thiazole rings is 1. The van der Waals surface area contributed by atoms with Crippen LogP contribution >= 0.6 is 11.3 Å². The summed E-state index contributed by atoms with van der Waals surface area (Å²) in [6, 6.07) is 17.9. The third-order valence-corrected chi connectivity index (χ3v) is 7.16. The molecule has 4 aromatic rings. The molecule has 32 heavy (non-hydrogen) atoms. The van der Waals surface area contributed by atoms with Crippen LogP contribution in [0, 0.1) is 6.92 Å². The zero-order valence-corrected chi connectivity index (χ0v) is 19.9. The molecule has 0 radical (unpaired) electrons. The Morgan fingerprint density at radius 1 is 1.00 bits per heavy atom. The van der Waals surface area contributed by atoms with Gasteiger partial charge in [-0.2, -0.15) is 0 Å². The maximum atomic E-state index is 13.9. The van der Waals surface area contributed by atoms with Crippen LogP contribution in [0.3, 0.4) is 0 Å². The number of nitrogens with zero attached hydrogens (tertiary/aromatic N) is 3. The summed E-state index contributed by atoms with van der Waals surface area (Å²) in [6.45, 7) is 9.61. The van der Waals surface area contributed by atoms with Crippen molar-refractivity contribution < 1.29 is 9.53 Å². The highest BCUT2D eigenvalue weighted by molar-refractivity contribution is 7.22. The average Bonchev–Trinajstić information content (AvgIpc) is 3.27. The fourth-order valence-electron chi connectivity index (χ4n) is 4.00. The molecule has 0 saturated heterocycles. The summed E-state index contributed by atoms with van der Waals surface area (Å²) in [7, 11) is 1.66. The molecule has 0 bridgehead atoms. The van der Waals surface area contributed by atoms with Crippen LogP contribution in [0.5, 0.6) is 5.75 Å². The molecule has 1 amide bonds. The number of anilines is 1. The van der Waals surface area contributed by atoms with E-state index in [1.54, 1.807) is 18.4 Å². The van der Waals surface area contributed by atoms with Crippen LogP contribution in [0.25, 0.3) is 21.0 Å². The highest BCUT2D eigenvalue weighted by Crippen LogP contribution is 2.37. The van der Waals surface area contributed by atoms with Gasteiger partial charge in [0.15, 0.2) is 5.13 Å². The highest BCUT2D eigenvalue weighted by atomic mass is 32.1. The molecule has 0 aliphatic rings. The van der Waals surface area contributed by atoms with Crippen LogP contribution in [0.1, 0.15) is 29.8 Å². The van der Waals surface area contributed by atoms with Gasteiger partial charge in [0.05, 0.1) is 11.8 Å².